The van der Waals surface area contributed by atoms with E-state index in [1.807, 2.05) is 0 Å². The summed E-state index contributed by atoms with van der Waals surface area (Å²) in [6.45, 7) is 1.05. The lowest BCUT2D eigenvalue weighted by atomic mass is 10.1. The minimum absolute atomic E-state index is 0.0653. The zero-order valence-electron chi connectivity index (χ0n) is 11.0. The summed E-state index contributed by atoms with van der Waals surface area (Å²) in [7, 11) is -2.23. The van der Waals surface area contributed by atoms with Gasteiger partial charge >= 0.3 is 0 Å². The predicted molar refractivity (Wildman–Crippen MR) is 69.9 cm³/mol. The fourth-order valence-corrected chi connectivity index (χ4v) is 3.60. The van der Waals surface area contributed by atoms with E-state index in [1.165, 1.54) is 17.4 Å². The van der Waals surface area contributed by atoms with Gasteiger partial charge in [-0.2, -0.15) is 9.57 Å². The highest BCUT2D eigenvalue weighted by molar-refractivity contribution is 7.89. The second-order valence-electron chi connectivity index (χ2n) is 4.62. The van der Waals surface area contributed by atoms with Crippen LogP contribution < -0.4 is 0 Å². The maximum atomic E-state index is 13.3. The average molecular weight is 298 g/mol. The van der Waals surface area contributed by atoms with Crippen LogP contribution >= 0.6 is 0 Å². The molecule has 0 aliphatic carbocycles. The highest BCUT2D eigenvalue weighted by atomic mass is 32.2. The van der Waals surface area contributed by atoms with E-state index in [2.05, 4.69) is 0 Å². The van der Waals surface area contributed by atoms with Crippen molar-refractivity contribution >= 4 is 10.0 Å². The molecular formula is C13H15FN2O3S. The number of hydrogen-bond donors (Lipinski definition) is 0. The van der Waals surface area contributed by atoms with Crippen LogP contribution in [-0.4, -0.2) is 39.0 Å². The topological polar surface area (TPSA) is 70.4 Å². The molecular weight excluding hydrogens is 283 g/mol. The van der Waals surface area contributed by atoms with Gasteiger partial charge in [-0.25, -0.2) is 12.8 Å². The van der Waals surface area contributed by atoms with Crippen LogP contribution in [0.25, 0.3) is 0 Å². The summed E-state index contributed by atoms with van der Waals surface area (Å²) < 4.78 is 44.7. The van der Waals surface area contributed by atoms with Gasteiger partial charge in [0.05, 0.1) is 10.5 Å². The third kappa shape index (κ3) is 2.82. The first-order chi connectivity index (χ1) is 9.46. The molecule has 2 rings (SSSR count). The van der Waals surface area contributed by atoms with Crippen LogP contribution in [-0.2, 0) is 14.8 Å². The predicted octanol–water partition coefficient (Wildman–Crippen LogP) is 1.50. The van der Waals surface area contributed by atoms with Crippen molar-refractivity contribution in [3.8, 4) is 6.07 Å². The highest BCUT2D eigenvalue weighted by Gasteiger charge is 2.29. The smallest absolute Gasteiger partial charge is 0.243 e. The third-order valence-electron chi connectivity index (χ3n) is 3.44. The second kappa shape index (κ2) is 5.87. The molecule has 0 saturated carbocycles. The van der Waals surface area contributed by atoms with Gasteiger partial charge in [-0.05, 0) is 31.0 Å². The normalized spacial score (nSPS) is 17.1. The van der Waals surface area contributed by atoms with E-state index in [-0.39, 0.29) is 16.5 Å². The number of hydrogen-bond acceptors (Lipinski definition) is 4. The number of sulfonamides is 1. The zero-order chi connectivity index (χ0) is 14.8. The molecule has 1 fully saturated rings. The minimum Gasteiger partial charge on any atom is -0.381 e. The summed E-state index contributed by atoms with van der Waals surface area (Å²) in [4.78, 5) is -0.0653. The fraction of sp³-hybridized carbons (Fsp3) is 0.462. The van der Waals surface area contributed by atoms with Crippen molar-refractivity contribution in [1.29, 1.82) is 5.26 Å². The largest absolute Gasteiger partial charge is 0.381 e. The van der Waals surface area contributed by atoms with E-state index in [9.17, 15) is 12.8 Å². The van der Waals surface area contributed by atoms with Gasteiger partial charge in [-0.15, -0.1) is 0 Å². The Morgan fingerprint density at radius 3 is 2.65 bits per heavy atom. The molecule has 20 heavy (non-hydrogen) atoms. The molecule has 1 heterocycles. The van der Waals surface area contributed by atoms with Gasteiger partial charge in [-0.3, -0.25) is 0 Å². The van der Waals surface area contributed by atoms with E-state index in [0.717, 1.165) is 12.1 Å². The van der Waals surface area contributed by atoms with Gasteiger partial charge in [0, 0.05) is 26.3 Å². The Labute approximate surface area is 117 Å². The standard InChI is InChI=1S/C13H15FN2O3S/c1-16(11-4-6-19-7-5-11)20(17,18)12-2-3-13(14)10(8-12)9-15/h2-3,8,11H,4-7H2,1H3. The van der Waals surface area contributed by atoms with Crippen molar-refractivity contribution in [2.75, 3.05) is 20.3 Å². The SMILES string of the molecule is CN(C1CCOCC1)S(=O)(=O)c1ccc(F)c(C#N)c1. The maximum Gasteiger partial charge on any atom is 0.243 e. The van der Waals surface area contributed by atoms with Gasteiger partial charge in [0.1, 0.15) is 11.9 Å². The molecule has 1 saturated heterocycles. The Kier molecular flexibility index (Phi) is 4.38. The molecule has 0 aromatic heterocycles. The molecule has 0 spiro atoms. The van der Waals surface area contributed by atoms with Crippen LogP contribution in [0.4, 0.5) is 4.39 Å². The molecule has 1 aromatic rings. The van der Waals surface area contributed by atoms with Crippen molar-refractivity contribution in [3.63, 3.8) is 0 Å². The molecule has 1 aliphatic heterocycles. The monoisotopic (exact) mass is 298 g/mol. The number of nitriles is 1. The van der Waals surface area contributed by atoms with E-state index in [0.29, 0.717) is 26.1 Å². The molecule has 0 bridgehead atoms. The molecule has 5 nitrogen and oxygen atoms in total. The lowest BCUT2D eigenvalue weighted by Gasteiger charge is -2.30. The Hall–Kier alpha value is -1.49. The molecule has 7 heteroatoms. The van der Waals surface area contributed by atoms with Crippen molar-refractivity contribution < 1.29 is 17.5 Å². The van der Waals surface area contributed by atoms with Crippen molar-refractivity contribution in [2.45, 2.75) is 23.8 Å². The summed E-state index contributed by atoms with van der Waals surface area (Å²) in [6.07, 6.45) is 1.25. The highest BCUT2D eigenvalue weighted by Crippen LogP contribution is 2.23. The second-order valence-corrected chi connectivity index (χ2v) is 6.62. The first-order valence-electron chi connectivity index (χ1n) is 6.22. The number of halogens is 1. The van der Waals surface area contributed by atoms with Crippen LogP contribution in [0.3, 0.4) is 0 Å². The van der Waals surface area contributed by atoms with Crippen molar-refractivity contribution in [2.24, 2.45) is 0 Å². The lowest BCUT2D eigenvalue weighted by Crippen LogP contribution is -2.40. The molecule has 1 aromatic carbocycles. The Balaban J connectivity index is 2.32. The molecule has 0 N–H and O–H groups in total. The number of ether oxygens (including phenoxy) is 1. The minimum atomic E-state index is -3.73. The van der Waals surface area contributed by atoms with Gasteiger partial charge in [0.2, 0.25) is 10.0 Å². The van der Waals surface area contributed by atoms with Crippen LogP contribution in [0.5, 0.6) is 0 Å². The van der Waals surface area contributed by atoms with Crippen LogP contribution in [0.2, 0.25) is 0 Å². The Bertz CT molecular complexity index is 634. The fourth-order valence-electron chi connectivity index (χ4n) is 2.16. The summed E-state index contributed by atoms with van der Waals surface area (Å²) in [6, 6.07) is 4.77. The molecule has 0 atom stereocenters. The summed E-state index contributed by atoms with van der Waals surface area (Å²) in [5, 5.41) is 8.78. The molecule has 108 valence electrons. The van der Waals surface area contributed by atoms with Gasteiger partial charge in [0.25, 0.3) is 0 Å². The number of nitrogens with zero attached hydrogens (tertiary/aromatic N) is 2. The Morgan fingerprint density at radius 2 is 2.05 bits per heavy atom. The quantitative estimate of drug-likeness (QED) is 0.848. The van der Waals surface area contributed by atoms with E-state index in [4.69, 9.17) is 10.00 Å². The Morgan fingerprint density at radius 1 is 1.40 bits per heavy atom. The molecule has 0 unspecified atom stereocenters. The van der Waals surface area contributed by atoms with Crippen LogP contribution in [0, 0.1) is 17.1 Å². The number of rotatable bonds is 3. The molecule has 0 amide bonds. The van der Waals surface area contributed by atoms with E-state index < -0.39 is 15.8 Å². The lowest BCUT2D eigenvalue weighted by molar-refractivity contribution is 0.0632. The summed E-state index contributed by atoms with van der Waals surface area (Å²) in [5.74, 6) is -0.722. The zero-order valence-corrected chi connectivity index (χ0v) is 11.9. The molecule has 1 aliphatic rings. The van der Waals surface area contributed by atoms with E-state index >= 15 is 0 Å². The van der Waals surface area contributed by atoms with Crippen LogP contribution in [0.15, 0.2) is 23.1 Å². The first-order valence-corrected chi connectivity index (χ1v) is 7.66. The van der Waals surface area contributed by atoms with Gasteiger partial charge < -0.3 is 4.74 Å². The van der Waals surface area contributed by atoms with Crippen molar-refractivity contribution in [3.05, 3.63) is 29.6 Å². The number of benzene rings is 1. The van der Waals surface area contributed by atoms with Gasteiger partial charge in [-0.1, -0.05) is 0 Å². The third-order valence-corrected chi connectivity index (χ3v) is 5.35. The summed E-state index contributed by atoms with van der Waals surface area (Å²) >= 11 is 0. The van der Waals surface area contributed by atoms with Gasteiger partial charge in [0.15, 0.2) is 0 Å². The maximum absolute atomic E-state index is 13.3. The summed E-state index contributed by atoms with van der Waals surface area (Å²) in [5.41, 5.74) is -0.272. The first kappa shape index (κ1) is 14.9. The molecule has 0 radical (unpaired) electrons. The van der Waals surface area contributed by atoms with Crippen LogP contribution in [0.1, 0.15) is 18.4 Å². The van der Waals surface area contributed by atoms with Crippen molar-refractivity contribution in [1.82, 2.24) is 4.31 Å². The van der Waals surface area contributed by atoms with E-state index in [1.54, 1.807) is 6.07 Å². The average Bonchev–Trinajstić information content (AvgIpc) is 2.47.